The largest absolute Gasteiger partial charge is 0.479 e. The van der Waals surface area contributed by atoms with E-state index in [1.807, 2.05) is 6.08 Å². The molecule has 0 aliphatic heterocycles. The zero-order valence-corrected chi connectivity index (χ0v) is 10.0. The maximum atomic E-state index is 10.6. The fourth-order valence-corrected chi connectivity index (χ4v) is 4.76. The second-order valence-electron chi connectivity index (χ2n) is 6.42. The molecule has 1 atom stereocenters. The number of aliphatic carboxylic acids is 1. The molecule has 4 aliphatic carbocycles. The van der Waals surface area contributed by atoms with Gasteiger partial charge in [-0.1, -0.05) is 6.08 Å². The summed E-state index contributed by atoms with van der Waals surface area (Å²) in [6.07, 6.45) is 9.97. The van der Waals surface area contributed by atoms with Crippen LogP contribution in [0.4, 0.5) is 0 Å². The van der Waals surface area contributed by atoms with Gasteiger partial charge in [0.25, 0.3) is 0 Å². The third-order valence-electron chi connectivity index (χ3n) is 4.97. The van der Waals surface area contributed by atoms with Gasteiger partial charge in [0.2, 0.25) is 0 Å². The van der Waals surface area contributed by atoms with Crippen molar-refractivity contribution in [3.8, 4) is 0 Å². The van der Waals surface area contributed by atoms with Crippen LogP contribution in [-0.2, 0) is 4.79 Å². The SMILES string of the molecule is O=C(O)C(O)/C=C/C12CC3CC(CC(C3)C1)C2. The number of aliphatic hydroxyl groups is 1. The number of carboxylic acids is 1. The molecule has 4 fully saturated rings. The molecule has 94 valence electrons. The molecule has 0 amide bonds. The zero-order chi connectivity index (χ0) is 12.0. The molecule has 0 radical (unpaired) electrons. The molecule has 4 bridgehead atoms. The number of carboxylic acid groups (broad SMARTS) is 1. The van der Waals surface area contributed by atoms with Crippen molar-refractivity contribution in [1.29, 1.82) is 0 Å². The first-order valence-corrected chi connectivity index (χ1v) is 6.66. The summed E-state index contributed by atoms with van der Waals surface area (Å²) in [4.78, 5) is 10.6. The van der Waals surface area contributed by atoms with E-state index in [0.717, 1.165) is 17.8 Å². The van der Waals surface area contributed by atoms with E-state index < -0.39 is 12.1 Å². The second kappa shape index (κ2) is 3.84. The van der Waals surface area contributed by atoms with E-state index in [-0.39, 0.29) is 5.41 Å². The van der Waals surface area contributed by atoms with Crippen LogP contribution in [0.1, 0.15) is 38.5 Å². The second-order valence-corrected chi connectivity index (χ2v) is 6.42. The number of aliphatic hydroxyl groups excluding tert-OH is 1. The van der Waals surface area contributed by atoms with Crippen molar-refractivity contribution in [2.24, 2.45) is 23.2 Å². The van der Waals surface area contributed by atoms with Crippen molar-refractivity contribution < 1.29 is 15.0 Å². The number of hydrogen-bond acceptors (Lipinski definition) is 2. The van der Waals surface area contributed by atoms with Crippen molar-refractivity contribution in [2.45, 2.75) is 44.6 Å². The Balaban J connectivity index is 1.76. The van der Waals surface area contributed by atoms with Crippen LogP contribution in [0.15, 0.2) is 12.2 Å². The lowest BCUT2D eigenvalue weighted by molar-refractivity contribution is -0.144. The molecule has 0 aromatic rings. The summed E-state index contributed by atoms with van der Waals surface area (Å²) in [6.45, 7) is 0. The Morgan fingerprint density at radius 2 is 1.59 bits per heavy atom. The summed E-state index contributed by atoms with van der Waals surface area (Å²) in [7, 11) is 0. The molecular formula is C14H20O3. The normalized spacial score (nSPS) is 45.4. The van der Waals surface area contributed by atoms with E-state index >= 15 is 0 Å². The van der Waals surface area contributed by atoms with Gasteiger partial charge in [0.15, 0.2) is 6.10 Å². The lowest BCUT2D eigenvalue weighted by atomic mass is 9.49. The molecule has 4 aliphatic rings. The Hall–Kier alpha value is -0.830. The van der Waals surface area contributed by atoms with Crippen LogP contribution in [0.3, 0.4) is 0 Å². The van der Waals surface area contributed by atoms with Crippen LogP contribution in [0.2, 0.25) is 0 Å². The van der Waals surface area contributed by atoms with E-state index in [2.05, 4.69) is 0 Å². The third-order valence-corrected chi connectivity index (χ3v) is 4.97. The fraction of sp³-hybridized carbons (Fsp3) is 0.786. The average Bonchev–Trinajstić information content (AvgIpc) is 2.24. The van der Waals surface area contributed by atoms with E-state index in [9.17, 15) is 9.90 Å². The number of carbonyl (C=O) groups is 1. The first-order chi connectivity index (χ1) is 8.06. The minimum Gasteiger partial charge on any atom is -0.479 e. The van der Waals surface area contributed by atoms with E-state index in [1.54, 1.807) is 0 Å². The molecule has 0 spiro atoms. The highest BCUT2D eigenvalue weighted by atomic mass is 16.4. The van der Waals surface area contributed by atoms with Gasteiger partial charge < -0.3 is 10.2 Å². The molecule has 3 nitrogen and oxygen atoms in total. The molecule has 4 saturated carbocycles. The molecule has 17 heavy (non-hydrogen) atoms. The standard InChI is InChI=1S/C14H20O3/c15-12(13(16)17)1-2-14-6-9-3-10(7-14)5-11(4-9)8-14/h1-2,9-12,15H,3-8H2,(H,16,17)/b2-1+. The summed E-state index contributed by atoms with van der Waals surface area (Å²) < 4.78 is 0. The summed E-state index contributed by atoms with van der Waals surface area (Å²) in [6, 6.07) is 0. The van der Waals surface area contributed by atoms with Gasteiger partial charge >= 0.3 is 5.97 Å². The Morgan fingerprint density at radius 3 is 2.00 bits per heavy atom. The van der Waals surface area contributed by atoms with E-state index in [1.165, 1.54) is 44.6 Å². The van der Waals surface area contributed by atoms with Crippen molar-refractivity contribution >= 4 is 5.97 Å². The molecule has 0 aromatic heterocycles. The van der Waals surface area contributed by atoms with Crippen LogP contribution in [0.5, 0.6) is 0 Å². The van der Waals surface area contributed by atoms with Gasteiger partial charge in [-0.25, -0.2) is 4.79 Å². The Morgan fingerprint density at radius 1 is 1.12 bits per heavy atom. The summed E-state index contributed by atoms with van der Waals surface area (Å²) in [5.41, 5.74) is 0.213. The summed E-state index contributed by atoms with van der Waals surface area (Å²) in [5, 5.41) is 18.0. The predicted molar refractivity (Wildman–Crippen MR) is 63.4 cm³/mol. The Labute approximate surface area is 102 Å². The minimum absolute atomic E-state index is 0.213. The maximum Gasteiger partial charge on any atom is 0.336 e. The third kappa shape index (κ3) is 2.01. The van der Waals surface area contributed by atoms with Gasteiger partial charge in [-0.2, -0.15) is 0 Å². The van der Waals surface area contributed by atoms with Crippen LogP contribution in [0.25, 0.3) is 0 Å². The zero-order valence-electron chi connectivity index (χ0n) is 10.0. The van der Waals surface area contributed by atoms with Crippen molar-refractivity contribution in [2.75, 3.05) is 0 Å². The monoisotopic (exact) mass is 236 g/mol. The highest BCUT2D eigenvalue weighted by Crippen LogP contribution is 2.60. The molecule has 0 heterocycles. The minimum atomic E-state index is -1.33. The molecule has 0 saturated heterocycles. The van der Waals surface area contributed by atoms with Crippen LogP contribution >= 0.6 is 0 Å². The number of rotatable bonds is 3. The number of hydrogen-bond donors (Lipinski definition) is 2. The Kier molecular flexibility index (Phi) is 2.54. The summed E-state index contributed by atoms with van der Waals surface area (Å²) >= 11 is 0. The van der Waals surface area contributed by atoms with Gasteiger partial charge in [-0.3, -0.25) is 0 Å². The van der Waals surface area contributed by atoms with Crippen molar-refractivity contribution in [1.82, 2.24) is 0 Å². The molecule has 4 rings (SSSR count). The van der Waals surface area contributed by atoms with Gasteiger partial charge in [-0.15, -0.1) is 0 Å². The summed E-state index contributed by atoms with van der Waals surface area (Å²) in [5.74, 6) is 1.42. The lowest BCUT2D eigenvalue weighted by Gasteiger charge is -2.56. The van der Waals surface area contributed by atoms with Gasteiger partial charge in [-0.05, 0) is 67.8 Å². The van der Waals surface area contributed by atoms with Crippen LogP contribution in [-0.4, -0.2) is 22.3 Å². The number of allylic oxidation sites excluding steroid dienone is 1. The van der Waals surface area contributed by atoms with Gasteiger partial charge in [0.1, 0.15) is 0 Å². The molecular weight excluding hydrogens is 216 g/mol. The van der Waals surface area contributed by atoms with Crippen LogP contribution in [0, 0.1) is 23.2 Å². The lowest BCUT2D eigenvalue weighted by Crippen LogP contribution is -2.45. The van der Waals surface area contributed by atoms with E-state index in [0.29, 0.717) is 0 Å². The van der Waals surface area contributed by atoms with Crippen molar-refractivity contribution in [3.05, 3.63) is 12.2 Å². The topological polar surface area (TPSA) is 57.5 Å². The highest BCUT2D eigenvalue weighted by molar-refractivity contribution is 5.74. The smallest absolute Gasteiger partial charge is 0.336 e. The predicted octanol–water partition coefficient (Wildman–Crippen LogP) is 2.20. The van der Waals surface area contributed by atoms with Gasteiger partial charge in [0.05, 0.1) is 0 Å². The van der Waals surface area contributed by atoms with Crippen LogP contribution < -0.4 is 0 Å². The van der Waals surface area contributed by atoms with Gasteiger partial charge in [0, 0.05) is 0 Å². The first kappa shape index (κ1) is 11.3. The molecule has 0 aromatic carbocycles. The van der Waals surface area contributed by atoms with E-state index in [4.69, 9.17) is 5.11 Å². The highest BCUT2D eigenvalue weighted by Gasteiger charge is 2.49. The first-order valence-electron chi connectivity index (χ1n) is 6.66. The quantitative estimate of drug-likeness (QED) is 0.739. The van der Waals surface area contributed by atoms with Crippen molar-refractivity contribution in [3.63, 3.8) is 0 Å². The fourth-order valence-electron chi connectivity index (χ4n) is 4.76. The molecule has 1 unspecified atom stereocenters. The molecule has 2 N–H and O–H groups in total. The maximum absolute atomic E-state index is 10.6. The molecule has 3 heteroatoms. The average molecular weight is 236 g/mol. The Bertz CT molecular complexity index is 323.